The topological polar surface area (TPSA) is 30.9 Å². The SMILES string of the molecule is C1=COC2(CCC(N3CCCOCC3)CC2)O1. The standard InChI is InChI=1S/C13H21NO3/c1-6-14(7-9-15-8-1)12-2-4-13(5-3-12)16-10-11-17-13/h10-12H,1-9H2. The molecule has 4 nitrogen and oxygen atoms in total. The predicted octanol–water partition coefficient (Wildman–Crippen LogP) is 1.87. The minimum absolute atomic E-state index is 0.321. The van der Waals surface area contributed by atoms with Gasteiger partial charge in [0.15, 0.2) is 0 Å². The summed E-state index contributed by atoms with van der Waals surface area (Å²) in [6.45, 7) is 4.06. The summed E-state index contributed by atoms with van der Waals surface area (Å²) in [6, 6.07) is 0.690. The normalized spacial score (nSPS) is 29.9. The maximum atomic E-state index is 5.60. The van der Waals surface area contributed by atoms with Gasteiger partial charge >= 0.3 is 0 Å². The van der Waals surface area contributed by atoms with Crippen LogP contribution in [-0.4, -0.2) is 43.0 Å². The molecule has 3 aliphatic rings. The van der Waals surface area contributed by atoms with Crippen LogP contribution in [0.4, 0.5) is 0 Å². The molecule has 0 unspecified atom stereocenters. The fourth-order valence-electron chi connectivity index (χ4n) is 3.11. The Kier molecular flexibility index (Phi) is 3.25. The summed E-state index contributed by atoms with van der Waals surface area (Å²) in [5, 5.41) is 0. The van der Waals surface area contributed by atoms with Crippen LogP contribution in [0.25, 0.3) is 0 Å². The van der Waals surface area contributed by atoms with Crippen LogP contribution >= 0.6 is 0 Å². The second kappa shape index (κ2) is 4.86. The summed E-state index contributed by atoms with van der Waals surface area (Å²) >= 11 is 0. The van der Waals surface area contributed by atoms with Crippen LogP contribution in [0, 0.1) is 0 Å². The Labute approximate surface area is 103 Å². The third-order valence-corrected chi connectivity index (χ3v) is 4.11. The molecule has 0 aromatic heterocycles. The zero-order chi connectivity index (χ0) is 11.6. The summed E-state index contributed by atoms with van der Waals surface area (Å²) in [4.78, 5) is 2.59. The monoisotopic (exact) mass is 239 g/mol. The molecule has 1 spiro atoms. The summed E-state index contributed by atoms with van der Waals surface area (Å²) in [5.74, 6) is -0.321. The molecule has 2 fully saturated rings. The zero-order valence-electron chi connectivity index (χ0n) is 10.3. The van der Waals surface area contributed by atoms with Gasteiger partial charge in [-0.3, -0.25) is 4.90 Å². The lowest BCUT2D eigenvalue weighted by atomic mass is 9.89. The van der Waals surface area contributed by atoms with Gasteiger partial charge in [0, 0.05) is 38.6 Å². The molecule has 0 aromatic carbocycles. The Morgan fingerprint density at radius 3 is 2.53 bits per heavy atom. The van der Waals surface area contributed by atoms with E-state index in [9.17, 15) is 0 Å². The van der Waals surface area contributed by atoms with Gasteiger partial charge in [-0.15, -0.1) is 0 Å². The van der Waals surface area contributed by atoms with Crippen LogP contribution in [0.3, 0.4) is 0 Å². The molecule has 17 heavy (non-hydrogen) atoms. The first-order valence-electron chi connectivity index (χ1n) is 6.70. The van der Waals surface area contributed by atoms with Crippen molar-refractivity contribution in [2.24, 2.45) is 0 Å². The van der Waals surface area contributed by atoms with Crippen molar-refractivity contribution in [2.75, 3.05) is 26.3 Å². The molecule has 4 heteroatoms. The van der Waals surface area contributed by atoms with E-state index in [1.165, 1.54) is 19.4 Å². The van der Waals surface area contributed by atoms with Crippen molar-refractivity contribution >= 4 is 0 Å². The van der Waals surface area contributed by atoms with Crippen molar-refractivity contribution in [1.29, 1.82) is 0 Å². The van der Waals surface area contributed by atoms with Crippen LogP contribution in [0.1, 0.15) is 32.1 Å². The zero-order valence-corrected chi connectivity index (χ0v) is 10.3. The van der Waals surface area contributed by atoms with Crippen molar-refractivity contribution in [1.82, 2.24) is 4.90 Å². The predicted molar refractivity (Wildman–Crippen MR) is 63.3 cm³/mol. The van der Waals surface area contributed by atoms with Gasteiger partial charge in [0.05, 0.1) is 6.61 Å². The van der Waals surface area contributed by atoms with Crippen molar-refractivity contribution in [2.45, 2.75) is 43.9 Å². The summed E-state index contributed by atoms with van der Waals surface area (Å²) < 4.78 is 16.7. The van der Waals surface area contributed by atoms with Gasteiger partial charge in [0.2, 0.25) is 5.79 Å². The van der Waals surface area contributed by atoms with E-state index in [0.29, 0.717) is 6.04 Å². The molecule has 0 radical (unpaired) electrons. The Morgan fingerprint density at radius 2 is 1.76 bits per heavy atom. The van der Waals surface area contributed by atoms with Crippen molar-refractivity contribution in [3.05, 3.63) is 12.5 Å². The molecule has 0 bridgehead atoms. The van der Waals surface area contributed by atoms with Crippen molar-refractivity contribution in [3.63, 3.8) is 0 Å². The molecule has 0 amide bonds. The Morgan fingerprint density at radius 1 is 1.00 bits per heavy atom. The van der Waals surface area contributed by atoms with E-state index in [4.69, 9.17) is 14.2 Å². The third-order valence-electron chi connectivity index (χ3n) is 4.11. The summed E-state index contributed by atoms with van der Waals surface area (Å²) in [5.41, 5.74) is 0. The van der Waals surface area contributed by atoms with E-state index in [1.807, 2.05) is 0 Å². The van der Waals surface area contributed by atoms with Crippen molar-refractivity contribution < 1.29 is 14.2 Å². The highest BCUT2D eigenvalue weighted by molar-refractivity contribution is 4.91. The maximum absolute atomic E-state index is 5.60. The highest BCUT2D eigenvalue weighted by Gasteiger charge is 2.41. The number of hydrogen-bond donors (Lipinski definition) is 0. The minimum Gasteiger partial charge on any atom is -0.457 e. The second-order valence-corrected chi connectivity index (χ2v) is 5.15. The molecular weight excluding hydrogens is 218 g/mol. The highest BCUT2D eigenvalue weighted by atomic mass is 16.7. The number of nitrogens with zero attached hydrogens (tertiary/aromatic N) is 1. The summed E-state index contributed by atoms with van der Waals surface area (Å²) in [6.07, 6.45) is 8.86. The van der Waals surface area contributed by atoms with Gasteiger partial charge in [0.1, 0.15) is 12.5 Å². The number of hydrogen-bond acceptors (Lipinski definition) is 4. The van der Waals surface area contributed by atoms with E-state index in [0.717, 1.165) is 39.0 Å². The summed E-state index contributed by atoms with van der Waals surface area (Å²) in [7, 11) is 0. The van der Waals surface area contributed by atoms with Crippen LogP contribution in [-0.2, 0) is 14.2 Å². The fourth-order valence-corrected chi connectivity index (χ4v) is 3.11. The average molecular weight is 239 g/mol. The van der Waals surface area contributed by atoms with Gasteiger partial charge in [-0.05, 0) is 19.3 Å². The van der Waals surface area contributed by atoms with E-state index in [1.54, 1.807) is 12.5 Å². The molecule has 96 valence electrons. The first-order chi connectivity index (χ1) is 8.38. The molecule has 1 saturated carbocycles. The van der Waals surface area contributed by atoms with Crippen LogP contribution in [0.2, 0.25) is 0 Å². The smallest absolute Gasteiger partial charge is 0.249 e. The highest BCUT2D eigenvalue weighted by Crippen LogP contribution is 2.37. The first-order valence-corrected chi connectivity index (χ1v) is 6.70. The molecule has 1 saturated heterocycles. The minimum atomic E-state index is -0.321. The lowest BCUT2D eigenvalue weighted by Crippen LogP contribution is -2.45. The molecule has 1 aliphatic carbocycles. The van der Waals surface area contributed by atoms with Gasteiger partial charge in [0.25, 0.3) is 0 Å². The molecule has 0 aromatic rings. The van der Waals surface area contributed by atoms with E-state index < -0.39 is 0 Å². The molecule has 2 heterocycles. The van der Waals surface area contributed by atoms with Crippen molar-refractivity contribution in [3.8, 4) is 0 Å². The van der Waals surface area contributed by atoms with Gasteiger partial charge in [-0.2, -0.15) is 0 Å². The molecule has 0 N–H and O–H groups in total. The van der Waals surface area contributed by atoms with Gasteiger partial charge < -0.3 is 14.2 Å². The van der Waals surface area contributed by atoms with E-state index in [-0.39, 0.29) is 5.79 Å². The van der Waals surface area contributed by atoms with Gasteiger partial charge in [-0.1, -0.05) is 0 Å². The number of rotatable bonds is 1. The molecule has 2 aliphatic heterocycles. The van der Waals surface area contributed by atoms with Crippen LogP contribution in [0.15, 0.2) is 12.5 Å². The molecule has 3 rings (SSSR count). The van der Waals surface area contributed by atoms with Crippen LogP contribution < -0.4 is 0 Å². The van der Waals surface area contributed by atoms with Crippen LogP contribution in [0.5, 0.6) is 0 Å². The van der Waals surface area contributed by atoms with E-state index >= 15 is 0 Å². The Balaban J connectivity index is 1.53. The average Bonchev–Trinajstić information content (AvgIpc) is 2.65. The van der Waals surface area contributed by atoms with Gasteiger partial charge in [-0.25, -0.2) is 0 Å². The lowest BCUT2D eigenvalue weighted by Gasteiger charge is -2.39. The van der Waals surface area contributed by atoms with E-state index in [2.05, 4.69) is 4.90 Å². The Hall–Kier alpha value is -0.740. The second-order valence-electron chi connectivity index (χ2n) is 5.15. The third kappa shape index (κ3) is 2.43. The molecule has 0 atom stereocenters. The first kappa shape index (κ1) is 11.4. The number of ether oxygens (including phenoxy) is 3. The lowest BCUT2D eigenvalue weighted by molar-refractivity contribution is -0.170. The Bertz CT molecular complexity index is 266. The fraction of sp³-hybridized carbons (Fsp3) is 0.846. The largest absolute Gasteiger partial charge is 0.457 e. The quantitative estimate of drug-likeness (QED) is 0.699. The molecular formula is C13H21NO3. The maximum Gasteiger partial charge on any atom is 0.249 e.